The molecule has 0 saturated carbocycles. The molecule has 3 aromatic rings. The van der Waals surface area contributed by atoms with Gasteiger partial charge in [0.05, 0.1) is 0 Å². The number of halogens is 1. The number of nitrogens with one attached hydrogen (secondary N) is 1. The largest absolute Gasteiger partial charge is 0.338 e. The van der Waals surface area contributed by atoms with Gasteiger partial charge in [0.2, 0.25) is 5.01 Å². The molecule has 1 N–H and O–H groups in total. The molecule has 4 rings (SSSR count). The lowest BCUT2D eigenvalue weighted by molar-refractivity contribution is 0.0706. The van der Waals surface area contributed by atoms with Crippen molar-refractivity contribution in [2.75, 3.05) is 18.4 Å². The van der Waals surface area contributed by atoms with Crippen LogP contribution in [0, 0.1) is 12.7 Å². The van der Waals surface area contributed by atoms with E-state index in [4.69, 9.17) is 0 Å². The zero-order valence-corrected chi connectivity index (χ0v) is 17.3. The Morgan fingerprint density at radius 3 is 2.57 bits per heavy atom. The summed E-state index contributed by atoms with van der Waals surface area (Å²) in [5.41, 5.74) is 2.28. The number of carbonyl (C=O) groups is 2. The Bertz CT molecular complexity index is 1050. The molecule has 6 nitrogen and oxygen atoms in total. The Morgan fingerprint density at radius 2 is 1.83 bits per heavy atom. The van der Waals surface area contributed by atoms with Gasteiger partial charge in [-0.1, -0.05) is 29.0 Å². The van der Waals surface area contributed by atoms with E-state index in [2.05, 4.69) is 15.5 Å². The van der Waals surface area contributed by atoms with Crippen LogP contribution >= 0.6 is 11.3 Å². The summed E-state index contributed by atoms with van der Waals surface area (Å²) in [7, 11) is 0. The van der Waals surface area contributed by atoms with Gasteiger partial charge < -0.3 is 10.2 Å². The number of likely N-dealkylation sites (tertiary alicyclic amines) is 1. The first-order valence-electron chi connectivity index (χ1n) is 9.76. The van der Waals surface area contributed by atoms with Crippen LogP contribution in [0.3, 0.4) is 0 Å². The molecule has 1 saturated heterocycles. The Labute approximate surface area is 177 Å². The molecule has 1 fully saturated rings. The lowest BCUT2D eigenvalue weighted by Crippen LogP contribution is -2.39. The Balaban J connectivity index is 1.42. The Morgan fingerprint density at radius 1 is 1.10 bits per heavy atom. The number of benzene rings is 2. The molecule has 1 aromatic heterocycles. The average molecular weight is 425 g/mol. The summed E-state index contributed by atoms with van der Waals surface area (Å²) in [6.45, 7) is 3.26. The fourth-order valence-corrected chi connectivity index (χ4v) is 4.32. The summed E-state index contributed by atoms with van der Waals surface area (Å²) in [5.74, 6) is -0.682. The van der Waals surface area contributed by atoms with Crippen molar-refractivity contribution in [1.82, 2.24) is 15.1 Å². The van der Waals surface area contributed by atoms with E-state index in [9.17, 15) is 14.0 Å². The third-order valence-corrected chi connectivity index (χ3v) is 6.18. The van der Waals surface area contributed by atoms with Crippen LogP contribution < -0.4 is 5.32 Å². The van der Waals surface area contributed by atoms with Gasteiger partial charge in [0.1, 0.15) is 10.8 Å². The number of aryl methyl sites for hydroxylation is 1. The number of nitrogens with zero attached hydrogens (tertiary/aromatic N) is 3. The van der Waals surface area contributed by atoms with Crippen LogP contribution in [0.15, 0.2) is 48.5 Å². The standard InChI is InChI=1S/C22H21FN4O2S/c1-14-4-6-15(7-5-14)22(29)27-12-2-3-16(13-27)20-25-26-21(30-20)19(28)24-18-10-8-17(23)9-11-18/h4-11,16H,2-3,12-13H2,1H3,(H,24,28)/t16-/m0/s1. The molecule has 0 aliphatic carbocycles. The van der Waals surface area contributed by atoms with Crippen LogP contribution in [0.5, 0.6) is 0 Å². The Kier molecular flexibility index (Phi) is 5.85. The van der Waals surface area contributed by atoms with Crippen LogP contribution in [0.4, 0.5) is 10.1 Å². The van der Waals surface area contributed by atoms with E-state index in [1.807, 2.05) is 36.1 Å². The summed E-state index contributed by atoms with van der Waals surface area (Å²) >= 11 is 1.24. The monoisotopic (exact) mass is 424 g/mol. The van der Waals surface area contributed by atoms with E-state index in [1.165, 1.54) is 35.6 Å². The number of piperidine rings is 1. The molecular formula is C22H21FN4O2S. The highest BCUT2D eigenvalue weighted by molar-refractivity contribution is 7.13. The van der Waals surface area contributed by atoms with Crippen LogP contribution in [-0.4, -0.2) is 40.0 Å². The van der Waals surface area contributed by atoms with Crippen molar-refractivity contribution >= 4 is 28.8 Å². The van der Waals surface area contributed by atoms with Gasteiger partial charge >= 0.3 is 0 Å². The first-order chi connectivity index (χ1) is 14.5. The molecule has 0 radical (unpaired) electrons. The minimum atomic E-state index is -0.381. The fraction of sp³-hybridized carbons (Fsp3) is 0.273. The number of anilines is 1. The first-order valence-corrected chi connectivity index (χ1v) is 10.6. The van der Waals surface area contributed by atoms with Crippen molar-refractivity contribution in [3.05, 3.63) is 75.5 Å². The number of amides is 2. The van der Waals surface area contributed by atoms with E-state index < -0.39 is 0 Å². The predicted octanol–water partition coefficient (Wildman–Crippen LogP) is 4.26. The quantitative estimate of drug-likeness (QED) is 0.679. The van der Waals surface area contributed by atoms with E-state index in [1.54, 1.807) is 0 Å². The molecule has 0 unspecified atom stereocenters. The normalized spacial score (nSPS) is 16.3. The second-order valence-electron chi connectivity index (χ2n) is 7.36. The molecule has 1 atom stereocenters. The Hall–Kier alpha value is -3.13. The molecule has 1 aliphatic heterocycles. The van der Waals surface area contributed by atoms with Crippen molar-refractivity contribution in [3.8, 4) is 0 Å². The van der Waals surface area contributed by atoms with Crippen LogP contribution in [0.2, 0.25) is 0 Å². The number of hydrogen-bond donors (Lipinski definition) is 1. The summed E-state index contributed by atoms with van der Waals surface area (Å²) in [4.78, 5) is 27.1. The van der Waals surface area contributed by atoms with Crippen LogP contribution in [0.25, 0.3) is 0 Å². The van der Waals surface area contributed by atoms with Crippen LogP contribution in [-0.2, 0) is 0 Å². The highest BCUT2D eigenvalue weighted by Crippen LogP contribution is 2.30. The third-order valence-electron chi connectivity index (χ3n) is 5.09. The van der Waals surface area contributed by atoms with E-state index in [0.717, 1.165) is 23.4 Å². The smallest absolute Gasteiger partial charge is 0.286 e. The molecule has 30 heavy (non-hydrogen) atoms. The maximum atomic E-state index is 13.0. The predicted molar refractivity (Wildman–Crippen MR) is 113 cm³/mol. The zero-order valence-electron chi connectivity index (χ0n) is 16.5. The van der Waals surface area contributed by atoms with Gasteiger partial charge in [-0.05, 0) is 56.2 Å². The fourth-order valence-electron chi connectivity index (χ4n) is 3.45. The van der Waals surface area contributed by atoms with Gasteiger partial charge in [0.15, 0.2) is 0 Å². The van der Waals surface area contributed by atoms with Gasteiger partial charge in [0, 0.05) is 30.3 Å². The second kappa shape index (κ2) is 8.71. The van der Waals surface area contributed by atoms with Gasteiger partial charge in [-0.3, -0.25) is 9.59 Å². The number of rotatable bonds is 4. The summed E-state index contributed by atoms with van der Waals surface area (Å²) < 4.78 is 13.0. The van der Waals surface area contributed by atoms with E-state index >= 15 is 0 Å². The van der Waals surface area contributed by atoms with Gasteiger partial charge in [-0.25, -0.2) is 4.39 Å². The zero-order chi connectivity index (χ0) is 21.1. The maximum absolute atomic E-state index is 13.0. The second-order valence-corrected chi connectivity index (χ2v) is 8.37. The van der Waals surface area contributed by atoms with Gasteiger partial charge in [-0.15, -0.1) is 10.2 Å². The number of carbonyl (C=O) groups excluding carboxylic acids is 2. The van der Waals surface area contributed by atoms with E-state index in [0.29, 0.717) is 24.3 Å². The molecule has 0 spiro atoms. The summed E-state index contributed by atoms with van der Waals surface area (Å²) in [6.07, 6.45) is 1.77. The van der Waals surface area contributed by atoms with Gasteiger partial charge in [-0.2, -0.15) is 0 Å². The van der Waals surface area contributed by atoms with E-state index in [-0.39, 0.29) is 28.6 Å². The van der Waals surface area contributed by atoms with Crippen molar-refractivity contribution in [3.63, 3.8) is 0 Å². The highest BCUT2D eigenvalue weighted by atomic mass is 32.1. The molecule has 0 bridgehead atoms. The summed E-state index contributed by atoms with van der Waals surface area (Å²) in [6, 6.07) is 13.1. The average Bonchev–Trinajstić information content (AvgIpc) is 3.26. The van der Waals surface area contributed by atoms with Crippen LogP contribution in [0.1, 0.15) is 49.5 Å². The maximum Gasteiger partial charge on any atom is 0.286 e. The minimum Gasteiger partial charge on any atom is -0.338 e. The molecule has 2 amide bonds. The van der Waals surface area contributed by atoms with Crippen molar-refractivity contribution in [2.24, 2.45) is 0 Å². The van der Waals surface area contributed by atoms with Crippen molar-refractivity contribution in [2.45, 2.75) is 25.7 Å². The molecule has 1 aliphatic rings. The van der Waals surface area contributed by atoms with Crippen molar-refractivity contribution in [1.29, 1.82) is 0 Å². The molecular weight excluding hydrogens is 403 g/mol. The molecule has 2 heterocycles. The molecule has 154 valence electrons. The van der Waals surface area contributed by atoms with Gasteiger partial charge in [0.25, 0.3) is 11.8 Å². The number of hydrogen-bond acceptors (Lipinski definition) is 5. The third kappa shape index (κ3) is 4.54. The lowest BCUT2D eigenvalue weighted by Gasteiger charge is -2.31. The molecule has 8 heteroatoms. The highest BCUT2D eigenvalue weighted by Gasteiger charge is 2.28. The first kappa shape index (κ1) is 20.2. The molecule has 2 aromatic carbocycles. The van der Waals surface area contributed by atoms with Crippen molar-refractivity contribution < 1.29 is 14.0 Å². The summed E-state index contributed by atoms with van der Waals surface area (Å²) in [5, 5.41) is 11.9. The SMILES string of the molecule is Cc1ccc(C(=O)N2CCC[C@H](c3nnc(C(=O)Nc4ccc(F)cc4)s3)C2)cc1. The number of aromatic nitrogens is 2. The lowest BCUT2D eigenvalue weighted by atomic mass is 9.98. The topological polar surface area (TPSA) is 75.2 Å². The minimum absolute atomic E-state index is 0.0125.